The first-order valence-corrected chi connectivity index (χ1v) is 5.03. The molecular formula is C10H18N4O. The largest absolute Gasteiger partial charge is 0.490 e. The fourth-order valence-electron chi connectivity index (χ4n) is 1.19. The number of nitrogen functional groups attached to an aromatic ring is 1. The van der Waals surface area contributed by atoms with Crippen molar-refractivity contribution in [2.45, 2.75) is 20.3 Å². The molecule has 1 heterocycles. The Morgan fingerprint density at radius 1 is 1.47 bits per heavy atom. The van der Waals surface area contributed by atoms with Gasteiger partial charge in [0.1, 0.15) is 6.33 Å². The molecule has 5 nitrogen and oxygen atoms in total. The summed E-state index contributed by atoms with van der Waals surface area (Å²) < 4.78 is 5.12. The average molecular weight is 210 g/mol. The molecule has 1 rings (SSSR count). The number of aromatic nitrogens is 2. The monoisotopic (exact) mass is 210 g/mol. The predicted molar refractivity (Wildman–Crippen MR) is 60.9 cm³/mol. The van der Waals surface area contributed by atoms with E-state index in [0.717, 1.165) is 13.0 Å². The summed E-state index contributed by atoms with van der Waals surface area (Å²) in [6, 6.07) is 0. The number of hydrogen-bond donors (Lipinski definition) is 2. The average Bonchev–Trinajstić information content (AvgIpc) is 2.17. The Kier molecular flexibility index (Phi) is 4.15. The number of methoxy groups -OCH3 is 1. The number of nitrogens with zero attached hydrogens (tertiary/aromatic N) is 2. The molecule has 0 bridgehead atoms. The minimum absolute atomic E-state index is 0.361. The van der Waals surface area contributed by atoms with Crippen molar-refractivity contribution in [3.63, 3.8) is 0 Å². The van der Waals surface area contributed by atoms with Crippen molar-refractivity contribution in [3.8, 4) is 5.75 Å². The maximum atomic E-state index is 5.65. The van der Waals surface area contributed by atoms with Crippen LogP contribution in [0.5, 0.6) is 5.75 Å². The van der Waals surface area contributed by atoms with Gasteiger partial charge in [0, 0.05) is 6.54 Å². The lowest BCUT2D eigenvalue weighted by Crippen LogP contribution is -2.09. The summed E-state index contributed by atoms with van der Waals surface area (Å²) in [5, 5.41) is 3.18. The van der Waals surface area contributed by atoms with Crippen LogP contribution < -0.4 is 15.8 Å². The van der Waals surface area contributed by atoms with E-state index in [9.17, 15) is 0 Å². The first-order chi connectivity index (χ1) is 7.15. The molecule has 0 aliphatic rings. The molecule has 0 fully saturated rings. The van der Waals surface area contributed by atoms with E-state index in [2.05, 4.69) is 29.1 Å². The lowest BCUT2D eigenvalue weighted by atomic mass is 10.1. The first-order valence-electron chi connectivity index (χ1n) is 5.03. The number of nitrogens with two attached hydrogens (primary N) is 1. The Morgan fingerprint density at radius 2 is 2.20 bits per heavy atom. The summed E-state index contributed by atoms with van der Waals surface area (Å²) in [5.41, 5.74) is 5.65. The van der Waals surface area contributed by atoms with Crippen LogP contribution in [0.1, 0.15) is 20.3 Å². The summed E-state index contributed by atoms with van der Waals surface area (Å²) in [6.07, 6.45) is 2.50. The number of anilines is 2. The maximum absolute atomic E-state index is 5.65. The van der Waals surface area contributed by atoms with E-state index >= 15 is 0 Å². The summed E-state index contributed by atoms with van der Waals surface area (Å²) in [7, 11) is 1.56. The number of hydrogen-bond acceptors (Lipinski definition) is 5. The van der Waals surface area contributed by atoms with Crippen LogP contribution in [0.15, 0.2) is 6.33 Å². The van der Waals surface area contributed by atoms with Gasteiger partial charge in [-0.05, 0) is 12.3 Å². The molecule has 84 valence electrons. The van der Waals surface area contributed by atoms with Gasteiger partial charge >= 0.3 is 0 Å². The topological polar surface area (TPSA) is 73.1 Å². The zero-order valence-electron chi connectivity index (χ0n) is 9.45. The standard InChI is InChI=1S/C10H18N4O/c1-7(2)4-5-12-10-8(15-3)9(11)13-6-14-10/h6-7H,4-5H2,1-3H3,(H3,11,12,13,14). The highest BCUT2D eigenvalue weighted by Crippen LogP contribution is 2.26. The lowest BCUT2D eigenvalue weighted by Gasteiger charge is -2.11. The minimum atomic E-state index is 0.361. The van der Waals surface area contributed by atoms with Crippen molar-refractivity contribution in [2.75, 3.05) is 24.7 Å². The molecule has 0 amide bonds. The molecule has 3 N–H and O–H groups in total. The molecule has 0 aliphatic heterocycles. The Balaban J connectivity index is 2.64. The summed E-state index contributed by atoms with van der Waals surface area (Å²) in [6.45, 7) is 5.20. The Labute approximate surface area is 90.1 Å². The van der Waals surface area contributed by atoms with Crippen molar-refractivity contribution in [2.24, 2.45) is 5.92 Å². The van der Waals surface area contributed by atoms with Gasteiger partial charge in [-0.25, -0.2) is 9.97 Å². The molecule has 1 aromatic heterocycles. The van der Waals surface area contributed by atoms with E-state index in [1.807, 2.05) is 0 Å². The van der Waals surface area contributed by atoms with Gasteiger partial charge in [-0.3, -0.25) is 0 Å². The molecule has 0 radical (unpaired) electrons. The zero-order valence-corrected chi connectivity index (χ0v) is 9.45. The third kappa shape index (κ3) is 3.27. The molecular weight excluding hydrogens is 192 g/mol. The molecule has 0 unspecified atom stereocenters. The van der Waals surface area contributed by atoms with E-state index in [0.29, 0.717) is 23.3 Å². The van der Waals surface area contributed by atoms with Gasteiger partial charge in [0.25, 0.3) is 0 Å². The number of rotatable bonds is 5. The van der Waals surface area contributed by atoms with Crippen molar-refractivity contribution in [3.05, 3.63) is 6.33 Å². The SMILES string of the molecule is COc1c(N)ncnc1NCCC(C)C. The smallest absolute Gasteiger partial charge is 0.203 e. The van der Waals surface area contributed by atoms with E-state index in [1.54, 1.807) is 7.11 Å². The van der Waals surface area contributed by atoms with Crippen molar-refractivity contribution >= 4 is 11.6 Å². The Bertz CT molecular complexity index is 314. The normalized spacial score (nSPS) is 10.4. The van der Waals surface area contributed by atoms with Crippen LogP contribution >= 0.6 is 0 Å². The third-order valence-electron chi connectivity index (χ3n) is 2.05. The Morgan fingerprint density at radius 3 is 2.80 bits per heavy atom. The first kappa shape index (κ1) is 11.6. The summed E-state index contributed by atoms with van der Waals surface area (Å²) in [5.74, 6) is 2.19. The fourth-order valence-corrected chi connectivity index (χ4v) is 1.19. The number of ether oxygens (including phenoxy) is 1. The van der Waals surface area contributed by atoms with Gasteiger partial charge in [0.2, 0.25) is 5.75 Å². The highest BCUT2D eigenvalue weighted by molar-refractivity contribution is 5.61. The van der Waals surface area contributed by atoms with Crippen LogP contribution in [0, 0.1) is 5.92 Å². The quantitative estimate of drug-likeness (QED) is 0.771. The second-order valence-corrected chi connectivity index (χ2v) is 3.75. The fraction of sp³-hybridized carbons (Fsp3) is 0.600. The van der Waals surface area contributed by atoms with Gasteiger partial charge in [-0.15, -0.1) is 0 Å². The molecule has 0 saturated heterocycles. The van der Waals surface area contributed by atoms with Gasteiger partial charge in [0.15, 0.2) is 11.6 Å². The van der Waals surface area contributed by atoms with Crippen LogP contribution in [-0.4, -0.2) is 23.6 Å². The van der Waals surface area contributed by atoms with Gasteiger partial charge in [-0.1, -0.05) is 13.8 Å². The molecule has 0 spiro atoms. The summed E-state index contributed by atoms with van der Waals surface area (Å²) >= 11 is 0. The highest BCUT2D eigenvalue weighted by Gasteiger charge is 2.08. The molecule has 1 aromatic rings. The minimum Gasteiger partial charge on any atom is -0.490 e. The molecule has 0 saturated carbocycles. The highest BCUT2D eigenvalue weighted by atomic mass is 16.5. The molecule has 0 atom stereocenters. The van der Waals surface area contributed by atoms with Crippen molar-refractivity contribution in [1.29, 1.82) is 0 Å². The second kappa shape index (κ2) is 5.38. The van der Waals surface area contributed by atoms with Crippen LogP contribution in [-0.2, 0) is 0 Å². The van der Waals surface area contributed by atoms with Gasteiger partial charge < -0.3 is 15.8 Å². The van der Waals surface area contributed by atoms with E-state index < -0.39 is 0 Å². The van der Waals surface area contributed by atoms with Crippen LogP contribution in [0.3, 0.4) is 0 Å². The lowest BCUT2D eigenvalue weighted by molar-refractivity contribution is 0.415. The Hall–Kier alpha value is -1.52. The molecule has 0 aromatic carbocycles. The van der Waals surface area contributed by atoms with Gasteiger partial charge in [-0.2, -0.15) is 0 Å². The molecule has 5 heteroatoms. The zero-order chi connectivity index (χ0) is 11.3. The summed E-state index contributed by atoms with van der Waals surface area (Å²) in [4.78, 5) is 7.94. The van der Waals surface area contributed by atoms with E-state index in [4.69, 9.17) is 10.5 Å². The molecule has 15 heavy (non-hydrogen) atoms. The van der Waals surface area contributed by atoms with E-state index in [1.165, 1.54) is 6.33 Å². The second-order valence-electron chi connectivity index (χ2n) is 3.75. The third-order valence-corrected chi connectivity index (χ3v) is 2.05. The maximum Gasteiger partial charge on any atom is 0.203 e. The molecule has 0 aliphatic carbocycles. The van der Waals surface area contributed by atoms with Crippen LogP contribution in [0.2, 0.25) is 0 Å². The van der Waals surface area contributed by atoms with Crippen molar-refractivity contribution < 1.29 is 4.74 Å². The van der Waals surface area contributed by atoms with Gasteiger partial charge in [0.05, 0.1) is 7.11 Å². The predicted octanol–water partition coefficient (Wildman–Crippen LogP) is 1.53. The van der Waals surface area contributed by atoms with Crippen LogP contribution in [0.25, 0.3) is 0 Å². The van der Waals surface area contributed by atoms with Crippen LogP contribution in [0.4, 0.5) is 11.6 Å². The van der Waals surface area contributed by atoms with E-state index in [-0.39, 0.29) is 0 Å². The van der Waals surface area contributed by atoms with Crippen molar-refractivity contribution in [1.82, 2.24) is 9.97 Å². The number of nitrogens with one attached hydrogen (secondary N) is 1.